The van der Waals surface area contributed by atoms with E-state index in [0.29, 0.717) is 22.6 Å². The van der Waals surface area contributed by atoms with Gasteiger partial charge in [0.2, 0.25) is 0 Å². The summed E-state index contributed by atoms with van der Waals surface area (Å²) in [5.74, 6) is -0.161. The van der Waals surface area contributed by atoms with E-state index in [0.717, 1.165) is 33.9 Å². The quantitative estimate of drug-likeness (QED) is 0.276. The van der Waals surface area contributed by atoms with Crippen LogP contribution in [0.15, 0.2) is 60.8 Å². The zero-order chi connectivity index (χ0) is 26.5. The van der Waals surface area contributed by atoms with Gasteiger partial charge in [0.25, 0.3) is 5.95 Å². The van der Waals surface area contributed by atoms with E-state index in [1.807, 2.05) is 69.3 Å². The van der Waals surface area contributed by atoms with Crippen LogP contribution in [0.3, 0.4) is 0 Å². The fourth-order valence-corrected chi connectivity index (χ4v) is 4.50. The number of benzene rings is 2. The van der Waals surface area contributed by atoms with Gasteiger partial charge in [0.05, 0.1) is 22.8 Å². The third kappa shape index (κ3) is 4.64. The lowest BCUT2D eigenvalue weighted by Crippen LogP contribution is -2.14. The Bertz CT molecular complexity index is 1630. The summed E-state index contributed by atoms with van der Waals surface area (Å²) in [7, 11) is 1.71. The number of alkyl halides is 3. The maximum atomic E-state index is 14.0. The predicted octanol–water partition coefficient (Wildman–Crippen LogP) is 6.65. The number of halogens is 3. The van der Waals surface area contributed by atoms with Gasteiger partial charge < -0.3 is 0 Å². The first kappa shape index (κ1) is 24.4. The molecular formula is C28H25F3N6. The molecule has 0 unspecified atom stereocenters. The summed E-state index contributed by atoms with van der Waals surface area (Å²) in [6.07, 6.45) is -3.02. The summed E-state index contributed by atoms with van der Waals surface area (Å²) < 4.78 is 45.0. The first-order valence-corrected chi connectivity index (χ1v) is 11.7. The van der Waals surface area contributed by atoms with Gasteiger partial charge in [-0.1, -0.05) is 47.5 Å². The maximum Gasteiger partial charge on any atom is 0.433 e. The monoisotopic (exact) mass is 502 g/mol. The molecule has 5 rings (SSSR count). The van der Waals surface area contributed by atoms with Gasteiger partial charge in [0.15, 0.2) is 5.69 Å². The molecular weight excluding hydrogens is 477 g/mol. The molecule has 5 aromatic rings. The number of rotatable bonds is 4. The van der Waals surface area contributed by atoms with Crippen molar-refractivity contribution < 1.29 is 13.2 Å². The highest BCUT2D eigenvalue weighted by molar-refractivity contribution is 5.76. The van der Waals surface area contributed by atoms with Gasteiger partial charge in [0.1, 0.15) is 0 Å². The fraction of sp³-hybridized carbons (Fsp3) is 0.214. The van der Waals surface area contributed by atoms with E-state index < -0.39 is 11.9 Å². The molecule has 0 atom stereocenters. The first-order chi connectivity index (χ1) is 17.5. The SMILES string of the molecule is Cc1cccc(-c2nn(-c3nc(-c4cn(C)nc4C)cc(C(F)(F)F)n3)c(-c3cccc(C)c3)c2C)c1. The maximum absolute atomic E-state index is 14.0. The summed E-state index contributed by atoms with van der Waals surface area (Å²) in [4.78, 5) is 8.52. The summed E-state index contributed by atoms with van der Waals surface area (Å²) in [5.41, 5.74) is 5.98. The Morgan fingerprint density at radius 2 is 1.43 bits per heavy atom. The van der Waals surface area contributed by atoms with Crippen LogP contribution in [0.4, 0.5) is 13.2 Å². The second-order valence-electron chi connectivity index (χ2n) is 9.21. The lowest BCUT2D eigenvalue weighted by atomic mass is 10.0. The molecule has 188 valence electrons. The Labute approximate surface area is 212 Å². The van der Waals surface area contributed by atoms with Gasteiger partial charge >= 0.3 is 6.18 Å². The highest BCUT2D eigenvalue weighted by atomic mass is 19.4. The number of nitrogens with zero attached hydrogens (tertiary/aromatic N) is 6. The van der Waals surface area contributed by atoms with Crippen molar-refractivity contribution in [3.8, 4) is 39.7 Å². The molecule has 0 amide bonds. The van der Waals surface area contributed by atoms with Crippen LogP contribution in [0.2, 0.25) is 0 Å². The lowest BCUT2D eigenvalue weighted by Gasteiger charge is -2.13. The molecule has 0 bridgehead atoms. The van der Waals surface area contributed by atoms with E-state index in [4.69, 9.17) is 5.10 Å². The molecule has 37 heavy (non-hydrogen) atoms. The van der Waals surface area contributed by atoms with Gasteiger partial charge in [-0.3, -0.25) is 4.68 Å². The van der Waals surface area contributed by atoms with Crippen LogP contribution in [0.5, 0.6) is 0 Å². The van der Waals surface area contributed by atoms with Gasteiger partial charge in [0, 0.05) is 35.5 Å². The van der Waals surface area contributed by atoms with Crippen molar-refractivity contribution in [2.45, 2.75) is 33.9 Å². The van der Waals surface area contributed by atoms with Crippen molar-refractivity contribution in [2.24, 2.45) is 7.05 Å². The molecule has 0 radical (unpaired) electrons. The van der Waals surface area contributed by atoms with E-state index >= 15 is 0 Å². The van der Waals surface area contributed by atoms with Crippen molar-refractivity contribution in [3.05, 3.63) is 88.9 Å². The number of aromatic nitrogens is 6. The highest BCUT2D eigenvalue weighted by Crippen LogP contribution is 2.36. The third-order valence-corrected chi connectivity index (χ3v) is 6.19. The highest BCUT2D eigenvalue weighted by Gasteiger charge is 2.35. The predicted molar refractivity (Wildman–Crippen MR) is 136 cm³/mol. The Balaban J connectivity index is 1.82. The molecule has 3 heterocycles. The van der Waals surface area contributed by atoms with Crippen LogP contribution in [-0.4, -0.2) is 29.5 Å². The average Bonchev–Trinajstić information content (AvgIpc) is 3.36. The Morgan fingerprint density at radius 1 is 0.784 bits per heavy atom. The zero-order valence-corrected chi connectivity index (χ0v) is 21.1. The van der Waals surface area contributed by atoms with Crippen LogP contribution in [0.1, 0.15) is 28.1 Å². The van der Waals surface area contributed by atoms with Crippen LogP contribution >= 0.6 is 0 Å². The van der Waals surface area contributed by atoms with Gasteiger partial charge in [-0.15, -0.1) is 0 Å². The van der Waals surface area contributed by atoms with Gasteiger partial charge in [-0.2, -0.15) is 28.1 Å². The van der Waals surface area contributed by atoms with Crippen molar-refractivity contribution >= 4 is 0 Å². The van der Waals surface area contributed by atoms with E-state index in [9.17, 15) is 13.2 Å². The molecule has 0 aliphatic rings. The van der Waals surface area contributed by atoms with E-state index in [-0.39, 0.29) is 11.6 Å². The van der Waals surface area contributed by atoms with Crippen LogP contribution in [0, 0.1) is 27.7 Å². The summed E-state index contributed by atoms with van der Waals surface area (Å²) in [5, 5.41) is 9.06. The molecule has 3 aromatic heterocycles. The van der Waals surface area contributed by atoms with Crippen LogP contribution in [-0.2, 0) is 13.2 Å². The standard InChI is InChI=1S/C28H25F3N6/c1-16-8-6-10-20(12-16)25-18(3)26(21-11-7-9-17(2)13-21)37(35-25)27-32-23(14-24(33-27)28(29,30)31)22-15-36(5)34-19(22)4/h6-15H,1-5H3. The first-order valence-electron chi connectivity index (χ1n) is 11.7. The Morgan fingerprint density at radius 3 is 2.03 bits per heavy atom. The normalized spacial score (nSPS) is 11.8. The lowest BCUT2D eigenvalue weighted by molar-refractivity contribution is -0.141. The van der Waals surface area contributed by atoms with Crippen LogP contribution < -0.4 is 0 Å². The van der Waals surface area contributed by atoms with Gasteiger partial charge in [-0.05, 0) is 45.9 Å². The summed E-state index contributed by atoms with van der Waals surface area (Å²) >= 11 is 0. The molecule has 0 saturated carbocycles. The minimum Gasteiger partial charge on any atom is -0.275 e. The number of aryl methyl sites for hydroxylation is 4. The molecule has 2 aromatic carbocycles. The topological polar surface area (TPSA) is 61.4 Å². The molecule has 0 aliphatic carbocycles. The molecule has 0 fully saturated rings. The van der Waals surface area contributed by atoms with Crippen molar-refractivity contribution in [2.75, 3.05) is 0 Å². The van der Waals surface area contributed by atoms with Crippen molar-refractivity contribution in [3.63, 3.8) is 0 Å². The zero-order valence-electron chi connectivity index (χ0n) is 21.1. The summed E-state index contributed by atoms with van der Waals surface area (Å²) in [6.45, 7) is 7.59. The largest absolute Gasteiger partial charge is 0.433 e. The fourth-order valence-electron chi connectivity index (χ4n) is 4.50. The van der Waals surface area contributed by atoms with Crippen molar-refractivity contribution in [1.29, 1.82) is 0 Å². The molecule has 0 spiro atoms. The van der Waals surface area contributed by atoms with E-state index in [1.165, 1.54) is 4.68 Å². The van der Waals surface area contributed by atoms with E-state index in [1.54, 1.807) is 24.9 Å². The molecule has 9 heteroatoms. The number of hydrogen-bond donors (Lipinski definition) is 0. The molecule has 0 N–H and O–H groups in total. The second-order valence-corrected chi connectivity index (χ2v) is 9.21. The molecule has 6 nitrogen and oxygen atoms in total. The van der Waals surface area contributed by atoms with Gasteiger partial charge in [-0.25, -0.2) is 9.97 Å². The van der Waals surface area contributed by atoms with Crippen LogP contribution in [0.25, 0.3) is 39.7 Å². The summed E-state index contributed by atoms with van der Waals surface area (Å²) in [6, 6.07) is 16.6. The smallest absolute Gasteiger partial charge is 0.275 e. The average molecular weight is 503 g/mol. The van der Waals surface area contributed by atoms with Crippen molar-refractivity contribution in [1.82, 2.24) is 29.5 Å². The minimum absolute atomic E-state index is 0.128. The minimum atomic E-state index is -4.67. The molecule has 0 saturated heterocycles. The Kier molecular flexibility index (Phi) is 5.94. The molecule has 0 aliphatic heterocycles. The third-order valence-electron chi connectivity index (χ3n) is 6.19. The van der Waals surface area contributed by atoms with E-state index in [2.05, 4.69) is 15.1 Å². The second kappa shape index (κ2) is 8.99. The Hall–Kier alpha value is -4.27. The number of hydrogen-bond acceptors (Lipinski definition) is 4.